The molecule has 0 aliphatic rings. The molecular formula is C12H19NO3. The van der Waals surface area contributed by atoms with Gasteiger partial charge in [-0.1, -0.05) is 18.2 Å². The summed E-state index contributed by atoms with van der Waals surface area (Å²) in [6, 6.07) is 7.70. The van der Waals surface area contributed by atoms with Gasteiger partial charge in [0.25, 0.3) is 0 Å². The standard InChI is InChI=1S/C12H19NO3/c13-10-11-4-1-2-5-12(11)16-9-8-15-7-3-6-14/h1-2,4-5,14H,3,6-10,13H2. The lowest BCUT2D eigenvalue weighted by molar-refractivity contribution is 0.0880. The molecule has 3 N–H and O–H groups in total. The largest absolute Gasteiger partial charge is 0.491 e. The van der Waals surface area contributed by atoms with E-state index in [1.165, 1.54) is 0 Å². The smallest absolute Gasteiger partial charge is 0.123 e. The lowest BCUT2D eigenvalue weighted by Gasteiger charge is -2.10. The lowest BCUT2D eigenvalue weighted by atomic mass is 10.2. The molecule has 1 aromatic rings. The Morgan fingerprint density at radius 2 is 1.94 bits per heavy atom. The van der Waals surface area contributed by atoms with Gasteiger partial charge in [-0.15, -0.1) is 0 Å². The molecule has 0 atom stereocenters. The van der Waals surface area contributed by atoms with Gasteiger partial charge < -0.3 is 20.3 Å². The van der Waals surface area contributed by atoms with E-state index in [0.717, 1.165) is 11.3 Å². The SMILES string of the molecule is NCc1ccccc1OCCOCCCO. The van der Waals surface area contributed by atoms with Crippen LogP contribution in [0.15, 0.2) is 24.3 Å². The maximum atomic E-state index is 8.54. The van der Waals surface area contributed by atoms with Crippen LogP contribution in [0.2, 0.25) is 0 Å². The summed E-state index contributed by atoms with van der Waals surface area (Å²) < 4.78 is 10.8. The number of rotatable bonds is 8. The molecule has 0 saturated carbocycles. The van der Waals surface area contributed by atoms with Crippen LogP contribution in [0.4, 0.5) is 0 Å². The van der Waals surface area contributed by atoms with Gasteiger partial charge in [-0.3, -0.25) is 0 Å². The van der Waals surface area contributed by atoms with Crippen molar-refractivity contribution in [3.8, 4) is 5.75 Å². The molecule has 0 bridgehead atoms. The maximum Gasteiger partial charge on any atom is 0.123 e. The van der Waals surface area contributed by atoms with Crippen LogP contribution in [-0.2, 0) is 11.3 Å². The summed E-state index contributed by atoms with van der Waals surface area (Å²) in [6.45, 7) is 2.23. The van der Waals surface area contributed by atoms with E-state index in [0.29, 0.717) is 32.8 Å². The van der Waals surface area contributed by atoms with E-state index in [1.807, 2.05) is 24.3 Å². The van der Waals surface area contributed by atoms with Gasteiger partial charge in [0.2, 0.25) is 0 Å². The Morgan fingerprint density at radius 3 is 2.69 bits per heavy atom. The third-order valence-electron chi connectivity index (χ3n) is 2.12. The van der Waals surface area contributed by atoms with E-state index in [-0.39, 0.29) is 6.61 Å². The summed E-state index contributed by atoms with van der Waals surface area (Å²) in [5.41, 5.74) is 6.58. The van der Waals surface area contributed by atoms with Gasteiger partial charge in [-0.2, -0.15) is 0 Å². The number of aliphatic hydroxyl groups is 1. The van der Waals surface area contributed by atoms with Crippen molar-refractivity contribution in [3.05, 3.63) is 29.8 Å². The van der Waals surface area contributed by atoms with Gasteiger partial charge in [0.05, 0.1) is 6.61 Å². The minimum atomic E-state index is 0.164. The number of nitrogens with two attached hydrogens (primary N) is 1. The normalized spacial score (nSPS) is 10.4. The summed E-state index contributed by atoms with van der Waals surface area (Å²) >= 11 is 0. The number of benzene rings is 1. The fourth-order valence-electron chi connectivity index (χ4n) is 1.29. The molecule has 0 amide bonds. The molecule has 0 heterocycles. The van der Waals surface area contributed by atoms with E-state index < -0.39 is 0 Å². The molecular weight excluding hydrogens is 206 g/mol. The van der Waals surface area contributed by atoms with Crippen LogP contribution in [-0.4, -0.2) is 31.5 Å². The van der Waals surface area contributed by atoms with Crippen LogP contribution in [0, 0.1) is 0 Å². The fourth-order valence-corrected chi connectivity index (χ4v) is 1.29. The monoisotopic (exact) mass is 225 g/mol. The summed E-state index contributed by atoms with van der Waals surface area (Å²) in [7, 11) is 0. The Balaban J connectivity index is 2.21. The molecule has 1 aromatic carbocycles. The average molecular weight is 225 g/mol. The average Bonchev–Trinajstić information content (AvgIpc) is 2.34. The zero-order valence-corrected chi connectivity index (χ0v) is 9.39. The van der Waals surface area contributed by atoms with Crippen molar-refractivity contribution in [1.29, 1.82) is 0 Å². The zero-order chi connectivity index (χ0) is 11.6. The second kappa shape index (κ2) is 8.10. The van der Waals surface area contributed by atoms with Crippen molar-refractivity contribution in [2.24, 2.45) is 5.73 Å². The van der Waals surface area contributed by atoms with E-state index in [2.05, 4.69) is 0 Å². The van der Waals surface area contributed by atoms with Crippen LogP contribution < -0.4 is 10.5 Å². The minimum Gasteiger partial charge on any atom is -0.491 e. The lowest BCUT2D eigenvalue weighted by Crippen LogP contribution is -2.10. The first-order chi connectivity index (χ1) is 7.88. The second-order valence-electron chi connectivity index (χ2n) is 3.35. The van der Waals surface area contributed by atoms with Gasteiger partial charge in [0.1, 0.15) is 12.4 Å². The molecule has 4 nitrogen and oxygen atoms in total. The molecule has 0 unspecified atom stereocenters. The van der Waals surface area contributed by atoms with Crippen LogP contribution in [0.25, 0.3) is 0 Å². The van der Waals surface area contributed by atoms with Crippen molar-refractivity contribution < 1.29 is 14.6 Å². The zero-order valence-electron chi connectivity index (χ0n) is 9.39. The van der Waals surface area contributed by atoms with Crippen molar-refractivity contribution in [1.82, 2.24) is 0 Å². The molecule has 0 aromatic heterocycles. The van der Waals surface area contributed by atoms with Gasteiger partial charge in [0.15, 0.2) is 0 Å². The summed E-state index contributed by atoms with van der Waals surface area (Å²) in [5.74, 6) is 0.816. The van der Waals surface area contributed by atoms with Crippen molar-refractivity contribution in [3.63, 3.8) is 0 Å². The Hall–Kier alpha value is -1.10. The molecule has 90 valence electrons. The second-order valence-corrected chi connectivity index (χ2v) is 3.35. The summed E-state index contributed by atoms with van der Waals surface area (Å²) in [4.78, 5) is 0. The third-order valence-corrected chi connectivity index (χ3v) is 2.12. The molecule has 0 radical (unpaired) electrons. The molecule has 0 fully saturated rings. The highest BCUT2D eigenvalue weighted by Crippen LogP contribution is 2.16. The van der Waals surface area contributed by atoms with E-state index in [1.54, 1.807) is 0 Å². The highest BCUT2D eigenvalue weighted by molar-refractivity contribution is 5.32. The van der Waals surface area contributed by atoms with Crippen molar-refractivity contribution in [2.75, 3.05) is 26.4 Å². The van der Waals surface area contributed by atoms with E-state index in [9.17, 15) is 0 Å². The molecule has 1 rings (SSSR count). The van der Waals surface area contributed by atoms with Gasteiger partial charge in [-0.25, -0.2) is 0 Å². The van der Waals surface area contributed by atoms with Gasteiger partial charge in [-0.05, 0) is 12.5 Å². The Morgan fingerprint density at radius 1 is 1.12 bits per heavy atom. The highest BCUT2D eigenvalue weighted by atomic mass is 16.5. The van der Waals surface area contributed by atoms with Crippen LogP contribution >= 0.6 is 0 Å². The number of aliphatic hydroxyl groups excluding tert-OH is 1. The van der Waals surface area contributed by atoms with Crippen molar-refractivity contribution in [2.45, 2.75) is 13.0 Å². The first kappa shape index (κ1) is 13.0. The topological polar surface area (TPSA) is 64.7 Å². The van der Waals surface area contributed by atoms with E-state index in [4.69, 9.17) is 20.3 Å². The Labute approximate surface area is 96.0 Å². The minimum absolute atomic E-state index is 0.164. The summed E-state index contributed by atoms with van der Waals surface area (Å²) in [5, 5.41) is 8.54. The molecule has 0 saturated heterocycles. The molecule has 0 aliphatic heterocycles. The van der Waals surface area contributed by atoms with Gasteiger partial charge in [0, 0.05) is 25.3 Å². The highest BCUT2D eigenvalue weighted by Gasteiger charge is 1.99. The van der Waals surface area contributed by atoms with Gasteiger partial charge >= 0.3 is 0 Å². The number of para-hydroxylation sites is 1. The van der Waals surface area contributed by atoms with Crippen LogP contribution in [0.1, 0.15) is 12.0 Å². The molecule has 0 aliphatic carbocycles. The summed E-state index contributed by atoms with van der Waals surface area (Å²) in [6.07, 6.45) is 0.666. The molecule has 4 heteroatoms. The van der Waals surface area contributed by atoms with Crippen LogP contribution in [0.5, 0.6) is 5.75 Å². The molecule has 16 heavy (non-hydrogen) atoms. The van der Waals surface area contributed by atoms with Crippen molar-refractivity contribution >= 4 is 0 Å². The Kier molecular flexibility index (Phi) is 6.56. The van der Waals surface area contributed by atoms with E-state index >= 15 is 0 Å². The maximum absolute atomic E-state index is 8.54. The quantitative estimate of drug-likeness (QED) is 0.646. The number of hydrogen-bond donors (Lipinski definition) is 2. The molecule has 0 spiro atoms. The predicted molar refractivity (Wildman–Crippen MR) is 62.4 cm³/mol. The third kappa shape index (κ3) is 4.61. The number of hydrogen-bond acceptors (Lipinski definition) is 4. The Bertz CT molecular complexity index is 291. The van der Waals surface area contributed by atoms with Crippen LogP contribution in [0.3, 0.4) is 0 Å². The first-order valence-electron chi connectivity index (χ1n) is 5.48. The first-order valence-corrected chi connectivity index (χ1v) is 5.48. The fraction of sp³-hybridized carbons (Fsp3) is 0.500. The number of ether oxygens (including phenoxy) is 2. The predicted octanol–water partition coefficient (Wildman–Crippen LogP) is 0.923.